The van der Waals surface area contributed by atoms with Gasteiger partial charge in [-0.1, -0.05) is 0 Å². The minimum Gasteiger partial charge on any atom is -0.508 e. The summed E-state index contributed by atoms with van der Waals surface area (Å²) in [6.45, 7) is 0. The molecule has 12 heteroatoms. The molecule has 164 valence electrons. The summed E-state index contributed by atoms with van der Waals surface area (Å²) in [5, 5.41) is 54.3. The number of nitrogens with one attached hydrogen (secondary N) is 1. The van der Waals surface area contributed by atoms with E-state index in [4.69, 9.17) is 21.3 Å². The van der Waals surface area contributed by atoms with Crippen LogP contribution in [-0.2, 0) is 0 Å². The second-order valence-corrected chi connectivity index (χ2v) is 6.40. The third kappa shape index (κ3) is 5.06. The van der Waals surface area contributed by atoms with Crippen LogP contribution in [0.4, 0.5) is 0 Å². The van der Waals surface area contributed by atoms with Gasteiger partial charge in [-0.25, -0.2) is 0 Å². The van der Waals surface area contributed by atoms with Crippen molar-refractivity contribution in [1.29, 1.82) is 5.41 Å². The van der Waals surface area contributed by atoms with Crippen LogP contribution in [-0.4, -0.2) is 56.4 Å². The summed E-state index contributed by atoms with van der Waals surface area (Å²) in [7, 11) is 3.45. The summed E-state index contributed by atoms with van der Waals surface area (Å²) in [6.07, 6.45) is 0. The number of hydrogen-bond donors (Lipinski definition) is 8. The Morgan fingerprint density at radius 1 is 1.00 bits per heavy atom. The van der Waals surface area contributed by atoms with Crippen molar-refractivity contribution in [3.05, 3.63) is 40.6 Å². The third-order valence-electron chi connectivity index (χ3n) is 3.87. The SMILES string of the molecule is CN(C)/C(N)=N/C(=N)N.O=c1c(O)c(-c2ccc(O)c(O)c2)oc2cc(O)cc(O)c12. The Morgan fingerprint density at radius 3 is 2.16 bits per heavy atom. The Morgan fingerprint density at radius 2 is 1.65 bits per heavy atom. The van der Waals surface area contributed by atoms with Crippen LogP contribution in [0.5, 0.6) is 28.7 Å². The zero-order chi connectivity index (χ0) is 23.5. The first-order valence-electron chi connectivity index (χ1n) is 8.52. The Labute approximate surface area is 175 Å². The summed E-state index contributed by atoms with van der Waals surface area (Å²) in [4.78, 5) is 17.2. The number of fused-ring (bicyclic) bond motifs is 1. The first-order valence-corrected chi connectivity index (χ1v) is 8.52. The van der Waals surface area contributed by atoms with E-state index in [-0.39, 0.29) is 45.7 Å². The second-order valence-electron chi connectivity index (χ2n) is 6.40. The van der Waals surface area contributed by atoms with Gasteiger partial charge in [0.15, 0.2) is 23.2 Å². The van der Waals surface area contributed by atoms with Crippen molar-refractivity contribution in [3.8, 4) is 40.1 Å². The van der Waals surface area contributed by atoms with Gasteiger partial charge in [-0.05, 0) is 18.2 Å². The molecule has 31 heavy (non-hydrogen) atoms. The van der Waals surface area contributed by atoms with Crippen LogP contribution in [0.3, 0.4) is 0 Å². The van der Waals surface area contributed by atoms with Crippen LogP contribution < -0.4 is 16.9 Å². The molecule has 0 atom stereocenters. The summed E-state index contributed by atoms with van der Waals surface area (Å²) in [5.74, 6) is -2.75. The first kappa shape index (κ1) is 22.7. The molecule has 0 saturated carbocycles. The highest BCUT2D eigenvalue weighted by Gasteiger charge is 2.19. The molecule has 1 aromatic heterocycles. The molecule has 0 aliphatic rings. The number of guanidine groups is 2. The van der Waals surface area contributed by atoms with Gasteiger partial charge in [0.1, 0.15) is 22.5 Å². The van der Waals surface area contributed by atoms with E-state index < -0.39 is 22.7 Å². The maximum Gasteiger partial charge on any atom is 0.238 e. The van der Waals surface area contributed by atoms with E-state index in [1.54, 1.807) is 19.0 Å². The standard InChI is InChI=1S/C15H10O7.C4H11N5/c16-7-4-10(19)12-11(5-7)22-15(14(21)13(12)20)6-1-2-8(17)9(18)3-6;1-9(2)4(7)8-3(5)6/h1-5,16-19,21H;1-2H3,(H5,5,6,7,8). The summed E-state index contributed by atoms with van der Waals surface area (Å²) in [5.41, 5.74) is 9.30. The lowest BCUT2D eigenvalue weighted by atomic mass is 10.1. The van der Waals surface area contributed by atoms with E-state index in [1.807, 2.05) is 0 Å². The number of phenols is 4. The number of phenolic OH excluding ortho intramolecular Hbond substituents is 4. The highest BCUT2D eigenvalue weighted by molar-refractivity contribution is 5.91. The Bertz CT molecular complexity index is 1230. The van der Waals surface area contributed by atoms with Crippen LogP contribution in [0.1, 0.15) is 0 Å². The van der Waals surface area contributed by atoms with Crippen molar-refractivity contribution < 1.29 is 29.9 Å². The number of nitrogens with zero attached hydrogens (tertiary/aromatic N) is 2. The molecule has 0 unspecified atom stereocenters. The number of aliphatic imine (C=N–C) groups is 1. The quantitative estimate of drug-likeness (QED) is 0.153. The Balaban J connectivity index is 0.000000323. The summed E-state index contributed by atoms with van der Waals surface area (Å²) < 4.78 is 5.35. The van der Waals surface area contributed by atoms with Crippen LogP contribution in [0, 0.1) is 5.41 Å². The van der Waals surface area contributed by atoms with E-state index in [2.05, 4.69) is 4.99 Å². The highest BCUT2D eigenvalue weighted by atomic mass is 16.4. The fourth-order valence-electron chi connectivity index (χ4n) is 2.36. The van der Waals surface area contributed by atoms with E-state index in [9.17, 15) is 30.3 Å². The van der Waals surface area contributed by atoms with Gasteiger partial charge < -0.3 is 46.3 Å². The average Bonchev–Trinajstić information content (AvgIpc) is 2.66. The van der Waals surface area contributed by atoms with Crippen molar-refractivity contribution in [1.82, 2.24) is 4.90 Å². The van der Waals surface area contributed by atoms with Crippen LogP contribution in [0.25, 0.3) is 22.3 Å². The molecule has 0 fully saturated rings. The smallest absolute Gasteiger partial charge is 0.238 e. The molecular weight excluding hydrogens is 410 g/mol. The van der Waals surface area contributed by atoms with E-state index >= 15 is 0 Å². The minimum atomic E-state index is -0.888. The minimum absolute atomic E-state index is 0.134. The van der Waals surface area contributed by atoms with Gasteiger partial charge in [-0.15, -0.1) is 0 Å². The number of benzene rings is 2. The molecule has 10 N–H and O–H groups in total. The maximum absolute atomic E-state index is 12.1. The monoisotopic (exact) mass is 431 g/mol. The van der Waals surface area contributed by atoms with Crippen molar-refractivity contribution in [2.24, 2.45) is 16.5 Å². The molecule has 1 heterocycles. The fraction of sp³-hybridized carbons (Fsp3) is 0.105. The van der Waals surface area contributed by atoms with Crippen molar-refractivity contribution >= 4 is 22.9 Å². The molecular formula is C19H21N5O7. The van der Waals surface area contributed by atoms with Crippen LogP contribution >= 0.6 is 0 Å². The summed E-state index contributed by atoms with van der Waals surface area (Å²) >= 11 is 0. The van der Waals surface area contributed by atoms with Gasteiger partial charge in [-0.3, -0.25) is 10.2 Å². The molecule has 0 amide bonds. The number of hydrogen-bond acceptors (Lipinski definition) is 8. The van der Waals surface area contributed by atoms with Gasteiger partial charge >= 0.3 is 0 Å². The first-order chi connectivity index (χ1) is 14.4. The highest BCUT2D eigenvalue weighted by Crippen LogP contribution is 2.37. The van der Waals surface area contributed by atoms with Crippen molar-refractivity contribution in [2.75, 3.05) is 14.1 Å². The Kier molecular flexibility index (Phi) is 6.45. The van der Waals surface area contributed by atoms with Crippen LogP contribution in [0.2, 0.25) is 0 Å². The number of nitrogens with two attached hydrogens (primary N) is 2. The third-order valence-corrected chi connectivity index (χ3v) is 3.87. The largest absolute Gasteiger partial charge is 0.508 e. The molecule has 0 aliphatic carbocycles. The molecule has 0 saturated heterocycles. The van der Waals surface area contributed by atoms with Crippen LogP contribution in [0.15, 0.2) is 44.5 Å². The molecule has 3 rings (SSSR count). The van der Waals surface area contributed by atoms with Gasteiger partial charge in [-0.2, -0.15) is 4.99 Å². The molecule has 0 radical (unpaired) electrons. The van der Waals surface area contributed by atoms with Gasteiger partial charge in [0.05, 0.1) is 0 Å². The number of rotatable bonds is 1. The normalized spacial score (nSPS) is 11.0. The zero-order valence-corrected chi connectivity index (χ0v) is 16.5. The molecule has 0 aliphatic heterocycles. The molecule has 0 bridgehead atoms. The van der Waals surface area contributed by atoms with Crippen molar-refractivity contribution in [3.63, 3.8) is 0 Å². The Hall–Kier alpha value is -4.61. The van der Waals surface area contributed by atoms with Gasteiger partial charge in [0, 0.05) is 31.8 Å². The predicted octanol–water partition coefficient (Wildman–Crippen LogP) is 0.744. The molecule has 12 nitrogen and oxygen atoms in total. The van der Waals surface area contributed by atoms with E-state index in [0.717, 1.165) is 24.3 Å². The lowest BCUT2D eigenvalue weighted by molar-refractivity contribution is 0.403. The van der Waals surface area contributed by atoms with E-state index in [1.165, 1.54) is 6.07 Å². The second kappa shape index (κ2) is 8.82. The average molecular weight is 431 g/mol. The lowest BCUT2D eigenvalue weighted by Crippen LogP contribution is -2.32. The molecule has 2 aromatic carbocycles. The summed E-state index contributed by atoms with van der Waals surface area (Å²) in [6, 6.07) is 5.64. The van der Waals surface area contributed by atoms with Crippen molar-refractivity contribution in [2.45, 2.75) is 0 Å². The molecule has 3 aromatic rings. The predicted molar refractivity (Wildman–Crippen MR) is 113 cm³/mol. The fourth-order valence-corrected chi connectivity index (χ4v) is 2.36. The van der Waals surface area contributed by atoms with Gasteiger partial charge in [0.2, 0.25) is 17.1 Å². The van der Waals surface area contributed by atoms with E-state index in [0.29, 0.717) is 0 Å². The topological polar surface area (TPSA) is 223 Å². The lowest BCUT2D eigenvalue weighted by Gasteiger charge is -2.08. The maximum atomic E-state index is 12.1. The molecule has 0 spiro atoms. The van der Waals surface area contributed by atoms with Gasteiger partial charge in [0.25, 0.3) is 0 Å². The number of aromatic hydroxyl groups is 5. The zero-order valence-electron chi connectivity index (χ0n) is 16.5.